The van der Waals surface area contributed by atoms with Gasteiger partial charge >= 0.3 is 19.8 Å². The number of unbranched alkanes of at least 4 members (excludes halogenated alkanes) is 7. The Morgan fingerprint density at radius 1 is 0.623 bits per heavy atom. The van der Waals surface area contributed by atoms with Crippen molar-refractivity contribution in [1.29, 1.82) is 0 Å². The molecule has 300 valence electrons. The minimum absolute atomic E-state index is 0.0762. The van der Waals surface area contributed by atoms with Gasteiger partial charge in [-0.3, -0.25) is 14.1 Å². The van der Waals surface area contributed by atoms with Crippen molar-refractivity contribution in [2.75, 3.05) is 13.2 Å². The zero-order valence-corrected chi connectivity index (χ0v) is 33.5. The monoisotopic (exact) mass is 760 g/mol. The summed E-state index contributed by atoms with van der Waals surface area (Å²) in [5, 5.41) is 0. The van der Waals surface area contributed by atoms with Gasteiger partial charge in [-0.15, -0.1) is 0 Å². The second kappa shape index (κ2) is 33.7. The Morgan fingerprint density at radius 3 is 1.79 bits per heavy atom. The van der Waals surface area contributed by atoms with Crippen LogP contribution in [0.3, 0.4) is 0 Å². The number of epoxide rings is 1. The first-order valence-electron chi connectivity index (χ1n) is 20.0. The Hall–Kier alpha value is -2.81. The fraction of sp³-hybridized carbons (Fsp3) is 0.628. The first-order chi connectivity index (χ1) is 25.7. The summed E-state index contributed by atoms with van der Waals surface area (Å²) in [4.78, 5) is 42.8. The van der Waals surface area contributed by atoms with Crippen LogP contribution in [0, 0.1) is 0 Å². The molecule has 1 fully saturated rings. The molecule has 1 saturated heterocycles. The van der Waals surface area contributed by atoms with Gasteiger partial charge in [-0.05, 0) is 77.0 Å². The van der Waals surface area contributed by atoms with Gasteiger partial charge in [0, 0.05) is 12.8 Å². The lowest BCUT2D eigenvalue weighted by molar-refractivity contribution is -0.161. The predicted octanol–water partition coefficient (Wildman–Crippen LogP) is 11.1. The molecule has 9 nitrogen and oxygen atoms in total. The first-order valence-corrected chi connectivity index (χ1v) is 21.5. The van der Waals surface area contributed by atoms with E-state index in [1.54, 1.807) is 0 Å². The maximum atomic E-state index is 12.4. The fourth-order valence-corrected chi connectivity index (χ4v) is 5.65. The van der Waals surface area contributed by atoms with E-state index in [2.05, 4.69) is 91.3 Å². The Labute approximate surface area is 320 Å². The second-order valence-corrected chi connectivity index (χ2v) is 14.5. The quantitative estimate of drug-likeness (QED) is 0.0216. The van der Waals surface area contributed by atoms with Crippen molar-refractivity contribution in [3.8, 4) is 0 Å². The van der Waals surface area contributed by atoms with Gasteiger partial charge in [0.1, 0.15) is 6.61 Å². The van der Waals surface area contributed by atoms with Gasteiger partial charge < -0.3 is 24.0 Å². The van der Waals surface area contributed by atoms with Gasteiger partial charge in [-0.2, -0.15) is 0 Å². The molecular formula is C43H69O9P. The zero-order chi connectivity index (χ0) is 38.7. The number of carbonyl (C=O) groups excluding carboxylic acids is 2. The minimum Gasteiger partial charge on any atom is -0.462 e. The van der Waals surface area contributed by atoms with Crippen LogP contribution < -0.4 is 0 Å². The van der Waals surface area contributed by atoms with Crippen molar-refractivity contribution >= 4 is 19.8 Å². The third kappa shape index (κ3) is 33.5. The number of ether oxygens (including phenoxy) is 3. The van der Waals surface area contributed by atoms with Crippen LogP contribution in [0.4, 0.5) is 0 Å². The molecule has 0 aromatic carbocycles. The van der Waals surface area contributed by atoms with E-state index in [1.165, 1.54) is 25.7 Å². The van der Waals surface area contributed by atoms with Crippen LogP contribution in [-0.4, -0.2) is 53.3 Å². The molecule has 1 aliphatic rings. The van der Waals surface area contributed by atoms with E-state index < -0.39 is 32.5 Å². The van der Waals surface area contributed by atoms with Crippen molar-refractivity contribution in [2.24, 2.45) is 0 Å². The van der Waals surface area contributed by atoms with Crippen LogP contribution >= 0.6 is 7.82 Å². The summed E-state index contributed by atoms with van der Waals surface area (Å²) in [7, 11) is -4.79. The highest BCUT2D eigenvalue weighted by molar-refractivity contribution is 7.46. The first kappa shape index (κ1) is 48.2. The van der Waals surface area contributed by atoms with Crippen LogP contribution in [0.2, 0.25) is 0 Å². The van der Waals surface area contributed by atoms with Crippen LogP contribution in [0.5, 0.6) is 0 Å². The van der Waals surface area contributed by atoms with Crippen LogP contribution in [0.15, 0.2) is 85.1 Å². The van der Waals surface area contributed by atoms with Crippen molar-refractivity contribution in [3.05, 3.63) is 85.1 Å². The largest absolute Gasteiger partial charge is 0.469 e. The van der Waals surface area contributed by atoms with Gasteiger partial charge in [-0.1, -0.05) is 137 Å². The lowest BCUT2D eigenvalue weighted by Crippen LogP contribution is -2.29. The SMILES string of the molecule is CC/C=C\C/C=C\C/C=C\C/C=C\C/C=C\C/C=C\CCC(=O)O[C@H](COC(=O)CCCCCCC/C=C\CC1OC1CCCCC)COP(=O)(O)O. The van der Waals surface area contributed by atoms with E-state index in [1.807, 2.05) is 12.2 Å². The topological polar surface area (TPSA) is 132 Å². The Morgan fingerprint density at radius 2 is 1.19 bits per heavy atom. The molecule has 2 unspecified atom stereocenters. The third-order valence-electron chi connectivity index (χ3n) is 8.34. The number of hydrogen-bond acceptors (Lipinski definition) is 7. The molecule has 53 heavy (non-hydrogen) atoms. The van der Waals surface area contributed by atoms with Crippen LogP contribution in [0.1, 0.15) is 142 Å². The molecule has 0 bridgehead atoms. The molecule has 1 heterocycles. The number of rotatable bonds is 34. The fourth-order valence-electron chi connectivity index (χ4n) is 5.29. The Kier molecular flexibility index (Phi) is 30.7. The molecule has 2 N–H and O–H groups in total. The van der Waals surface area contributed by atoms with E-state index in [-0.39, 0.29) is 19.4 Å². The van der Waals surface area contributed by atoms with Gasteiger partial charge in [0.25, 0.3) is 0 Å². The van der Waals surface area contributed by atoms with Crippen molar-refractivity contribution in [1.82, 2.24) is 0 Å². The molecule has 0 aliphatic carbocycles. The second-order valence-electron chi connectivity index (χ2n) is 13.3. The summed E-state index contributed by atoms with van der Waals surface area (Å²) in [6, 6.07) is 0. The highest BCUT2D eigenvalue weighted by Gasteiger charge is 2.36. The third-order valence-corrected chi connectivity index (χ3v) is 8.82. The van der Waals surface area contributed by atoms with Gasteiger partial charge in [0.15, 0.2) is 6.10 Å². The number of esters is 2. The Balaban J connectivity index is 2.15. The van der Waals surface area contributed by atoms with Crippen molar-refractivity contribution in [2.45, 2.75) is 161 Å². The maximum Gasteiger partial charge on any atom is 0.469 e. The molecule has 10 heteroatoms. The molecule has 0 amide bonds. The average Bonchev–Trinajstić information content (AvgIpc) is 3.88. The maximum absolute atomic E-state index is 12.4. The number of phosphoric acid groups is 1. The lowest BCUT2D eigenvalue weighted by atomic mass is 10.1. The molecule has 0 radical (unpaired) electrons. The minimum atomic E-state index is -4.79. The highest BCUT2D eigenvalue weighted by atomic mass is 31.2. The van der Waals surface area contributed by atoms with Crippen molar-refractivity contribution < 1.29 is 42.7 Å². The highest BCUT2D eigenvalue weighted by Crippen LogP contribution is 2.36. The summed E-state index contributed by atoms with van der Waals surface area (Å²) >= 11 is 0. The molecule has 0 saturated carbocycles. The molecule has 1 rings (SSSR count). The zero-order valence-electron chi connectivity index (χ0n) is 32.6. The molecule has 3 atom stereocenters. The molecular weight excluding hydrogens is 691 g/mol. The molecule has 0 aromatic heterocycles. The standard InChI is InChI=1S/C43H69O9P/c1-3-5-7-8-9-10-11-12-13-14-15-16-17-18-19-20-25-28-32-36-43(45)51-39(38-50-53(46,47)48)37-49-42(44)35-31-27-24-22-21-23-26-30-34-41-40(52-41)33-29-6-4-2/h5,7,9-10,12-13,15-16,18-19,25-26,28,30,39-41H,3-4,6,8,11,14,17,20-24,27,29,31-38H2,1-2H3,(H2,46,47,48)/b7-5-,10-9-,13-12-,16-15-,19-18-,28-25-,30-26-/t39-,40?,41?/m1/s1. The van der Waals surface area contributed by atoms with Gasteiger partial charge in [0.2, 0.25) is 0 Å². The van der Waals surface area contributed by atoms with E-state index in [0.29, 0.717) is 25.0 Å². The number of phosphoric ester groups is 1. The summed E-state index contributed by atoms with van der Waals surface area (Å²) in [5.41, 5.74) is 0. The summed E-state index contributed by atoms with van der Waals surface area (Å²) in [5.74, 6) is -1.01. The average molecular weight is 761 g/mol. The van der Waals surface area contributed by atoms with E-state index in [0.717, 1.165) is 77.0 Å². The summed E-state index contributed by atoms with van der Waals surface area (Å²) < 4.78 is 32.0. The molecule has 0 spiro atoms. The number of hydrogen-bond donors (Lipinski definition) is 2. The van der Waals surface area contributed by atoms with E-state index in [9.17, 15) is 14.2 Å². The lowest BCUT2D eigenvalue weighted by Gasteiger charge is -2.18. The predicted molar refractivity (Wildman–Crippen MR) is 215 cm³/mol. The summed E-state index contributed by atoms with van der Waals surface area (Å²) in [6.07, 6.45) is 47.7. The van der Waals surface area contributed by atoms with E-state index in [4.69, 9.17) is 24.0 Å². The summed E-state index contributed by atoms with van der Waals surface area (Å²) in [6.45, 7) is 3.44. The van der Waals surface area contributed by atoms with Crippen molar-refractivity contribution in [3.63, 3.8) is 0 Å². The smallest absolute Gasteiger partial charge is 0.462 e. The normalized spacial score (nSPS) is 17.2. The number of carbonyl (C=O) groups is 2. The van der Waals surface area contributed by atoms with Crippen LogP contribution in [0.25, 0.3) is 0 Å². The molecule has 0 aromatic rings. The van der Waals surface area contributed by atoms with E-state index >= 15 is 0 Å². The van der Waals surface area contributed by atoms with Gasteiger partial charge in [0.05, 0.1) is 18.8 Å². The van der Waals surface area contributed by atoms with Crippen LogP contribution in [-0.2, 0) is 32.9 Å². The van der Waals surface area contributed by atoms with Gasteiger partial charge in [-0.25, -0.2) is 4.57 Å². The molecule has 1 aliphatic heterocycles. The number of allylic oxidation sites excluding steroid dienone is 13. The Bertz CT molecular complexity index is 1190.